The number of nitrogens with zero attached hydrogens (tertiary/aromatic N) is 2. The second-order valence-corrected chi connectivity index (χ2v) is 7.06. The maximum Gasteiger partial charge on any atom is 0.255 e. The van der Waals surface area contributed by atoms with Gasteiger partial charge in [0.1, 0.15) is 0 Å². The molecule has 4 rings (SSSR count). The molecule has 1 aliphatic carbocycles. The van der Waals surface area contributed by atoms with E-state index >= 15 is 0 Å². The van der Waals surface area contributed by atoms with Crippen LogP contribution in [-0.4, -0.2) is 23.1 Å². The summed E-state index contributed by atoms with van der Waals surface area (Å²) in [4.78, 5) is 21.9. The molecule has 1 aromatic heterocycles. The van der Waals surface area contributed by atoms with Gasteiger partial charge in [-0.2, -0.15) is 0 Å². The zero-order valence-corrected chi connectivity index (χ0v) is 14.1. The van der Waals surface area contributed by atoms with Gasteiger partial charge in [-0.25, -0.2) is 4.98 Å². The molecule has 1 fully saturated rings. The average molecular weight is 324 g/mol. The number of hydrogen-bond acceptors (Lipinski definition) is 4. The third-order valence-electron chi connectivity index (χ3n) is 5.09. The molecule has 1 atom stereocenters. The zero-order chi connectivity index (χ0) is 16.5. The average Bonchev–Trinajstić information content (AvgIpc) is 3.05. The molecule has 5 nitrogen and oxygen atoms in total. The number of piperidine rings is 1. The van der Waals surface area contributed by atoms with Gasteiger partial charge in [-0.3, -0.25) is 9.78 Å². The summed E-state index contributed by atoms with van der Waals surface area (Å²) in [5, 5.41) is 3.23. The summed E-state index contributed by atoms with van der Waals surface area (Å²) in [5.41, 5.74) is 4.02. The normalized spacial score (nSPS) is 20.0. The molecule has 0 radical (unpaired) electrons. The monoisotopic (exact) mass is 324 g/mol. The van der Waals surface area contributed by atoms with Crippen molar-refractivity contribution in [1.29, 1.82) is 0 Å². The van der Waals surface area contributed by atoms with Gasteiger partial charge in [-0.15, -0.1) is 0 Å². The van der Waals surface area contributed by atoms with Crippen molar-refractivity contribution in [3.05, 3.63) is 45.9 Å². The topological polar surface area (TPSA) is 61.0 Å². The van der Waals surface area contributed by atoms with E-state index in [9.17, 15) is 4.79 Å². The minimum Gasteiger partial charge on any atom is -0.371 e. The van der Waals surface area contributed by atoms with Crippen LogP contribution in [0.1, 0.15) is 37.4 Å². The van der Waals surface area contributed by atoms with Crippen LogP contribution in [0.15, 0.2) is 29.1 Å². The summed E-state index contributed by atoms with van der Waals surface area (Å²) in [6.45, 7) is 4.58. The molecule has 1 unspecified atom stereocenters. The van der Waals surface area contributed by atoms with Gasteiger partial charge < -0.3 is 10.2 Å². The number of nitrogens with one attached hydrogen (secondary N) is 2. The van der Waals surface area contributed by atoms with Gasteiger partial charge in [0.05, 0.1) is 5.69 Å². The molecule has 126 valence electrons. The van der Waals surface area contributed by atoms with Crippen LogP contribution in [0.25, 0.3) is 0 Å². The highest BCUT2D eigenvalue weighted by Crippen LogP contribution is 2.25. The lowest BCUT2D eigenvalue weighted by atomic mass is 10.00. The Bertz CT molecular complexity index is 781. The molecule has 0 spiro atoms. The molecule has 5 heteroatoms. The van der Waals surface area contributed by atoms with Gasteiger partial charge >= 0.3 is 0 Å². The van der Waals surface area contributed by atoms with Gasteiger partial charge in [0.25, 0.3) is 5.56 Å². The van der Waals surface area contributed by atoms with Crippen molar-refractivity contribution in [2.75, 3.05) is 23.3 Å². The van der Waals surface area contributed by atoms with E-state index in [-0.39, 0.29) is 5.56 Å². The smallest absolute Gasteiger partial charge is 0.255 e. The fraction of sp³-hybridized carbons (Fsp3) is 0.474. The van der Waals surface area contributed by atoms with Crippen LogP contribution in [0, 0.1) is 5.92 Å². The lowest BCUT2D eigenvalue weighted by molar-refractivity contribution is 0.447. The minimum absolute atomic E-state index is 0.000996. The number of anilines is 3. The number of aryl methyl sites for hydroxylation is 1. The first-order chi connectivity index (χ1) is 11.7. The number of rotatable bonds is 3. The lowest BCUT2D eigenvalue weighted by Crippen LogP contribution is -2.34. The number of aromatic nitrogens is 2. The van der Waals surface area contributed by atoms with E-state index in [2.05, 4.69) is 51.4 Å². The van der Waals surface area contributed by atoms with Gasteiger partial charge in [-0.05, 0) is 62.3 Å². The number of benzene rings is 1. The molecule has 2 heterocycles. The van der Waals surface area contributed by atoms with Crippen LogP contribution in [0.2, 0.25) is 0 Å². The molecule has 0 bridgehead atoms. The predicted octanol–water partition coefficient (Wildman–Crippen LogP) is 3.24. The lowest BCUT2D eigenvalue weighted by Gasteiger charge is -2.32. The highest BCUT2D eigenvalue weighted by Gasteiger charge is 2.18. The first-order valence-corrected chi connectivity index (χ1v) is 8.93. The molecule has 0 amide bonds. The SMILES string of the molecule is CC1CCCN(c2ccc(Nc3nc4c(c(=O)[nH]3)CCC4)cc2)C1. The van der Waals surface area contributed by atoms with E-state index in [4.69, 9.17) is 0 Å². The molecule has 0 saturated carbocycles. The highest BCUT2D eigenvalue weighted by atomic mass is 16.1. The first-order valence-electron chi connectivity index (χ1n) is 8.93. The van der Waals surface area contributed by atoms with Crippen LogP contribution in [0.5, 0.6) is 0 Å². The maximum absolute atomic E-state index is 12.1. The number of fused-ring (bicyclic) bond motifs is 1. The number of H-pyrrole nitrogens is 1. The van der Waals surface area contributed by atoms with Crippen molar-refractivity contribution in [2.24, 2.45) is 5.92 Å². The summed E-state index contributed by atoms with van der Waals surface area (Å²) in [7, 11) is 0. The van der Waals surface area contributed by atoms with E-state index in [1.165, 1.54) is 18.5 Å². The van der Waals surface area contributed by atoms with Crippen molar-refractivity contribution in [3.8, 4) is 0 Å². The van der Waals surface area contributed by atoms with E-state index in [1.54, 1.807) is 0 Å². The summed E-state index contributed by atoms with van der Waals surface area (Å²) >= 11 is 0. The Kier molecular flexibility index (Phi) is 4.00. The van der Waals surface area contributed by atoms with Crippen molar-refractivity contribution in [2.45, 2.75) is 39.0 Å². The molecule has 24 heavy (non-hydrogen) atoms. The van der Waals surface area contributed by atoms with Crippen LogP contribution in [-0.2, 0) is 12.8 Å². The Morgan fingerprint density at radius 3 is 2.83 bits per heavy atom. The van der Waals surface area contributed by atoms with Crippen LogP contribution >= 0.6 is 0 Å². The molecule has 2 N–H and O–H groups in total. The molecule has 1 aliphatic heterocycles. The Balaban J connectivity index is 1.50. The first kappa shape index (κ1) is 15.2. The van der Waals surface area contributed by atoms with Gasteiger partial charge in [0, 0.05) is 30.0 Å². The fourth-order valence-corrected chi connectivity index (χ4v) is 3.82. The third-order valence-corrected chi connectivity index (χ3v) is 5.09. The van der Waals surface area contributed by atoms with Gasteiger partial charge in [0.2, 0.25) is 5.95 Å². The summed E-state index contributed by atoms with van der Waals surface area (Å²) in [5.74, 6) is 1.30. The van der Waals surface area contributed by atoms with Gasteiger partial charge in [0.15, 0.2) is 0 Å². The second-order valence-electron chi connectivity index (χ2n) is 7.06. The Labute approximate surface area is 142 Å². The molecular formula is C19H24N4O. The van der Waals surface area contributed by atoms with E-state index < -0.39 is 0 Å². The van der Waals surface area contributed by atoms with Crippen molar-refractivity contribution < 1.29 is 0 Å². The van der Waals surface area contributed by atoms with E-state index in [1.807, 2.05) is 0 Å². The number of aromatic amines is 1. The number of hydrogen-bond donors (Lipinski definition) is 2. The van der Waals surface area contributed by atoms with Gasteiger partial charge in [-0.1, -0.05) is 6.92 Å². The molecule has 2 aromatic rings. The summed E-state index contributed by atoms with van der Waals surface area (Å²) < 4.78 is 0. The largest absolute Gasteiger partial charge is 0.371 e. The Morgan fingerprint density at radius 1 is 1.21 bits per heavy atom. The highest BCUT2D eigenvalue weighted by molar-refractivity contribution is 5.59. The van der Waals surface area contributed by atoms with Crippen LogP contribution < -0.4 is 15.8 Å². The third kappa shape index (κ3) is 3.03. The maximum atomic E-state index is 12.1. The predicted molar refractivity (Wildman–Crippen MR) is 97.2 cm³/mol. The summed E-state index contributed by atoms with van der Waals surface area (Å²) in [6.07, 6.45) is 5.37. The summed E-state index contributed by atoms with van der Waals surface area (Å²) in [6, 6.07) is 8.40. The zero-order valence-electron chi connectivity index (χ0n) is 14.1. The van der Waals surface area contributed by atoms with Crippen molar-refractivity contribution in [1.82, 2.24) is 9.97 Å². The van der Waals surface area contributed by atoms with Crippen LogP contribution in [0.3, 0.4) is 0 Å². The van der Waals surface area contributed by atoms with Crippen LogP contribution in [0.4, 0.5) is 17.3 Å². The standard InChI is InChI=1S/C19H24N4O/c1-13-4-3-11-23(12-13)15-9-7-14(8-10-15)20-19-21-17-6-2-5-16(17)18(24)22-19/h7-10,13H,2-6,11-12H2,1H3,(H2,20,21,22,24). The van der Waals surface area contributed by atoms with Crippen molar-refractivity contribution in [3.63, 3.8) is 0 Å². The minimum atomic E-state index is -0.000996. The molecule has 2 aliphatic rings. The Hall–Kier alpha value is -2.30. The molecule has 1 saturated heterocycles. The second kappa shape index (κ2) is 6.30. The van der Waals surface area contributed by atoms with Crippen molar-refractivity contribution >= 4 is 17.3 Å². The quantitative estimate of drug-likeness (QED) is 0.910. The Morgan fingerprint density at radius 2 is 2.04 bits per heavy atom. The molecule has 1 aromatic carbocycles. The fourth-order valence-electron chi connectivity index (χ4n) is 3.82. The van der Waals surface area contributed by atoms with E-state index in [0.29, 0.717) is 5.95 Å². The van der Waals surface area contributed by atoms with E-state index in [0.717, 1.165) is 55.2 Å². The molecular weight excluding hydrogens is 300 g/mol.